The molecule has 110 valence electrons. The predicted octanol–water partition coefficient (Wildman–Crippen LogP) is 2.43. The minimum atomic E-state index is -0.861. The summed E-state index contributed by atoms with van der Waals surface area (Å²) < 4.78 is 13.4. The zero-order chi connectivity index (χ0) is 15.6. The molecule has 0 aromatic heterocycles. The highest BCUT2D eigenvalue weighted by atomic mass is 19.1. The lowest BCUT2D eigenvalue weighted by molar-refractivity contribution is -0.384. The van der Waals surface area contributed by atoms with Crippen LogP contribution in [0.2, 0.25) is 0 Å². The number of hydrogen-bond acceptors (Lipinski definition) is 4. The molecule has 1 aromatic carbocycles. The average Bonchev–Trinajstić information content (AvgIpc) is 2.37. The molecule has 0 spiro atoms. The van der Waals surface area contributed by atoms with Crippen molar-refractivity contribution in [2.75, 3.05) is 12.8 Å². The van der Waals surface area contributed by atoms with Crippen LogP contribution in [0.25, 0.3) is 0 Å². The lowest BCUT2D eigenvalue weighted by Gasteiger charge is -2.28. The number of nitrogens with two attached hydrogens (primary N) is 1. The van der Waals surface area contributed by atoms with Crippen LogP contribution in [0.3, 0.4) is 0 Å². The summed E-state index contributed by atoms with van der Waals surface area (Å²) >= 11 is 0. The number of carbonyl (C=O) groups is 1. The Labute approximate surface area is 116 Å². The molecule has 7 heteroatoms. The third-order valence-electron chi connectivity index (χ3n) is 3.45. The van der Waals surface area contributed by atoms with E-state index in [1.54, 1.807) is 7.05 Å². The summed E-state index contributed by atoms with van der Waals surface area (Å²) in [5.74, 6) is -1.21. The maximum Gasteiger partial charge on any atom is 0.295 e. The van der Waals surface area contributed by atoms with E-state index in [0.717, 1.165) is 6.07 Å². The van der Waals surface area contributed by atoms with E-state index in [2.05, 4.69) is 0 Å². The highest BCUT2D eigenvalue weighted by Crippen LogP contribution is 2.28. The maximum absolute atomic E-state index is 13.4. The molecule has 1 rings (SSSR count). The Hall–Kier alpha value is -2.18. The highest BCUT2D eigenvalue weighted by molar-refractivity contribution is 6.01. The summed E-state index contributed by atoms with van der Waals surface area (Å²) in [5.41, 5.74) is 4.51. The maximum atomic E-state index is 13.4. The van der Waals surface area contributed by atoms with E-state index in [9.17, 15) is 19.3 Å². The van der Waals surface area contributed by atoms with E-state index in [-0.39, 0.29) is 23.2 Å². The third kappa shape index (κ3) is 3.04. The molecule has 1 amide bonds. The molecule has 0 saturated carbocycles. The summed E-state index contributed by atoms with van der Waals surface area (Å²) in [4.78, 5) is 23.7. The summed E-state index contributed by atoms with van der Waals surface area (Å²) in [7, 11) is 1.56. The number of hydrogen-bond donors (Lipinski definition) is 1. The molecule has 0 bridgehead atoms. The first-order valence-electron chi connectivity index (χ1n) is 6.17. The SMILES string of the molecule is CC(C)C(C)N(C)C(=O)c1cc(F)cc([N+](=O)[O-])c1N. The molecular weight excluding hydrogens is 265 g/mol. The molecular formula is C13H18FN3O3. The van der Waals surface area contributed by atoms with Crippen LogP contribution in [0.5, 0.6) is 0 Å². The van der Waals surface area contributed by atoms with Crippen molar-refractivity contribution in [1.82, 2.24) is 4.90 Å². The first-order chi connectivity index (χ1) is 9.16. The van der Waals surface area contributed by atoms with E-state index in [0.29, 0.717) is 6.07 Å². The number of nitro groups is 1. The minimum absolute atomic E-state index is 0.107. The second kappa shape index (κ2) is 5.85. The van der Waals surface area contributed by atoms with Crippen molar-refractivity contribution < 1.29 is 14.1 Å². The van der Waals surface area contributed by atoms with Crippen molar-refractivity contribution in [3.05, 3.63) is 33.6 Å². The molecule has 0 saturated heterocycles. The second-order valence-electron chi connectivity index (χ2n) is 5.04. The molecule has 0 aliphatic carbocycles. The van der Waals surface area contributed by atoms with Crippen LogP contribution in [0.15, 0.2) is 12.1 Å². The van der Waals surface area contributed by atoms with Gasteiger partial charge in [0.2, 0.25) is 0 Å². The number of carbonyl (C=O) groups excluding carboxylic acids is 1. The zero-order valence-corrected chi connectivity index (χ0v) is 11.9. The Morgan fingerprint density at radius 3 is 2.40 bits per heavy atom. The Kier molecular flexibility index (Phi) is 4.65. The smallest absolute Gasteiger partial charge is 0.295 e. The Bertz CT molecular complexity index is 546. The average molecular weight is 283 g/mol. The fraction of sp³-hybridized carbons (Fsp3) is 0.462. The van der Waals surface area contributed by atoms with Crippen molar-refractivity contribution in [1.29, 1.82) is 0 Å². The van der Waals surface area contributed by atoms with E-state index >= 15 is 0 Å². The molecule has 0 fully saturated rings. The van der Waals surface area contributed by atoms with Gasteiger partial charge in [-0.15, -0.1) is 0 Å². The van der Waals surface area contributed by atoms with E-state index in [1.807, 2.05) is 20.8 Å². The van der Waals surface area contributed by atoms with Crippen molar-refractivity contribution in [3.63, 3.8) is 0 Å². The molecule has 2 N–H and O–H groups in total. The zero-order valence-electron chi connectivity index (χ0n) is 11.9. The Morgan fingerprint density at radius 2 is 1.95 bits per heavy atom. The fourth-order valence-corrected chi connectivity index (χ4v) is 1.75. The van der Waals surface area contributed by atoms with Gasteiger partial charge >= 0.3 is 0 Å². The fourth-order valence-electron chi connectivity index (χ4n) is 1.75. The molecule has 1 atom stereocenters. The van der Waals surface area contributed by atoms with E-state index < -0.39 is 22.3 Å². The third-order valence-corrected chi connectivity index (χ3v) is 3.45. The van der Waals surface area contributed by atoms with Gasteiger partial charge in [0.25, 0.3) is 11.6 Å². The Morgan fingerprint density at radius 1 is 1.40 bits per heavy atom. The standard InChI is InChI=1S/C13H18FN3O3/c1-7(2)8(3)16(4)13(18)10-5-9(14)6-11(12(10)15)17(19)20/h5-8H,15H2,1-4H3. The summed E-state index contributed by atoms with van der Waals surface area (Å²) in [6.45, 7) is 5.71. The van der Waals surface area contributed by atoms with Crippen molar-refractivity contribution >= 4 is 17.3 Å². The number of nitrogens with zero attached hydrogens (tertiary/aromatic N) is 2. The molecule has 6 nitrogen and oxygen atoms in total. The topological polar surface area (TPSA) is 89.5 Å². The lowest BCUT2D eigenvalue weighted by Crippen LogP contribution is -2.38. The van der Waals surface area contributed by atoms with Gasteiger partial charge in [-0.2, -0.15) is 0 Å². The summed E-state index contributed by atoms with van der Waals surface area (Å²) in [6.07, 6.45) is 0. The van der Waals surface area contributed by atoms with Gasteiger partial charge in [0.1, 0.15) is 11.5 Å². The number of anilines is 1. The van der Waals surface area contributed by atoms with Crippen LogP contribution in [-0.4, -0.2) is 28.8 Å². The van der Waals surface area contributed by atoms with Crippen LogP contribution < -0.4 is 5.73 Å². The van der Waals surface area contributed by atoms with Gasteiger partial charge in [0, 0.05) is 13.1 Å². The van der Waals surface area contributed by atoms with E-state index in [4.69, 9.17) is 5.73 Å². The van der Waals surface area contributed by atoms with Gasteiger partial charge in [-0.3, -0.25) is 14.9 Å². The number of amides is 1. The summed E-state index contributed by atoms with van der Waals surface area (Å²) in [6, 6.07) is 1.52. The summed E-state index contributed by atoms with van der Waals surface area (Å²) in [5, 5.41) is 10.8. The Balaban J connectivity index is 3.26. The monoisotopic (exact) mass is 283 g/mol. The quantitative estimate of drug-likeness (QED) is 0.522. The molecule has 0 aliphatic heterocycles. The molecule has 0 aliphatic rings. The second-order valence-corrected chi connectivity index (χ2v) is 5.04. The number of nitrogen functional groups attached to an aromatic ring is 1. The predicted molar refractivity (Wildman–Crippen MR) is 73.9 cm³/mol. The van der Waals surface area contributed by atoms with Gasteiger partial charge in [-0.25, -0.2) is 4.39 Å². The number of halogens is 1. The molecule has 0 heterocycles. The molecule has 20 heavy (non-hydrogen) atoms. The van der Waals surface area contributed by atoms with Gasteiger partial charge < -0.3 is 10.6 Å². The van der Waals surface area contributed by atoms with Crippen LogP contribution in [-0.2, 0) is 0 Å². The number of nitro benzene ring substituents is 1. The number of benzene rings is 1. The normalized spacial score (nSPS) is 12.3. The number of rotatable bonds is 4. The van der Waals surface area contributed by atoms with Gasteiger partial charge in [-0.1, -0.05) is 13.8 Å². The van der Waals surface area contributed by atoms with Gasteiger partial charge in [0.05, 0.1) is 16.6 Å². The highest BCUT2D eigenvalue weighted by Gasteiger charge is 2.26. The largest absolute Gasteiger partial charge is 0.393 e. The lowest BCUT2D eigenvalue weighted by atomic mass is 10.0. The first-order valence-corrected chi connectivity index (χ1v) is 6.17. The molecule has 1 aromatic rings. The van der Waals surface area contributed by atoms with Gasteiger partial charge in [-0.05, 0) is 18.9 Å². The van der Waals surface area contributed by atoms with Crippen molar-refractivity contribution in [2.45, 2.75) is 26.8 Å². The van der Waals surface area contributed by atoms with E-state index in [1.165, 1.54) is 4.90 Å². The van der Waals surface area contributed by atoms with Crippen LogP contribution in [0.4, 0.5) is 15.8 Å². The van der Waals surface area contributed by atoms with Gasteiger partial charge in [0.15, 0.2) is 0 Å². The van der Waals surface area contributed by atoms with Crippen LogP contribution >= 0.6 is 0 Å². The van der Waals surface area contributed by atoms with Crippen molar-refractivity contribution in [3.8, 4) is 0 Å². The first kappa shape index (κ1) is 15.9. The van der Waals surface area contributed by atoms with Crippen molar-refractivity contribution in [2.24, 2.45) is 5.92 Å². The molecule has 0 radical (unpaired) electrons. The van der Waals surface area contributed by atoms with Crippen LogP contribution in [0, 0.1) is 21.8 Å². The molecule has 1 unspecified atom stereocenters. The van der Waals surface area contributed by atoms with Crippen LogP contribution in [0.1, 0.15) is 31.1 Å². The minimum Gasteiger partial charge on any atom is -0.393 e.